The smallest absolute Gasteiger partial charge is 0.433 e. The number of aliphatic hydroxyl groups is 1. The number of nitrogens with zero attached hydrogens (tertiary/aromatic N) is 1. The van der Waals surface area contributed by atoms with E-state index in [0.29, 0.717) is 6.61 Å². The number of unbranched alkanes of at least 4 members (excludes halogenated alkanes) is 1. The fourth-order valence-corrected chi connectivity index (χ4v) is 0.465. The summed E-state index contributed by atoms with van der Waals surface area (Å²) in [5.74, 6) is 0. The van der Waals surface area contributed by atoms with E-state index in [0.717, 1.165) is 12.8 Å². The fourth-order valence-electron chi connectivity index (χ4n) is 0.465. The van der Waals surface area contributed by atoms with Crippen molar-refractivity contribution in [1.29, 1.82) is 0 Å². The van der Waals surface area contributed by atoms with Crippen molar-refractivity contribution in [2.75, 3.05) is 19.8 Å². The first-order valence-electron chi connectivity index (χ1n) is 3.92. The van der Waals surface area contributed by atoms with Gasteiger partial charge in [-0.3, -0.25) is 0 Å². The molecule has 0 rings (SSSR count). The Morgan fingerprint density at radius 3 is 2.92 bits per heavy atom. The van der Waals surface area contributed by atoms with Crippen LogP contribution >= 0.6 is 0 Å². The number of carbonyl (C=O) groups is 1. The van der Waals surface area contributed by atoms with Gasteiger partial charge in [-0.25, -0.2) is 4.79 Å². The lowest BCUT2D eigenvalue weighted by molar-refractivity contribution is 0.00775. The first kappa shape index (κ1) is 11.2. The van der Waals surface area contributed by atoms with Crippen LogP contribution in [0, 0.1) is 0 Å². The van der Waals surface area contributed by atoms with E-state index >= 15 is 0 Å². The number of rotatable bonds is 6. The minimum absolute atomic E-state index is 0.0862. The summed E-state index contributed by atoms with van der Waals surface area (Å²) in [6.45, 7) is 2.29. The Kier molecular flexibility index (Phi) is 7.73. The monoisotopic (exact) mass is 176 g/mol. The third kappa shape index (κ3) is 7.30. The summed E-state index contributed by atoms with van der Waals surface area (Å²) in [6.07, 6.45) is 0.966. The van der Waals surface area contributed by atoms with Gasteiger partial charge in [-0.1, -0.05) is 13.3 Å². The average molecular weight is 176 g/mol. The van der Waals surface area contributed by atoms with Crippen molar-refractivity contribution < 1.29 is 19.5 Å². The molecule has 0 aromatic rings. The van der Waals surface area contributed by atoms with Gasteiger partial charge in [-0.05, 0) is 11.9 Å². The molecule has 0 aliphatic rings. The van der Waals surface area contributed by atoms with Crippen LogP contribution in [-0.4, -0.2) is 31.0 Å². The van der Waals surface area contributed by atoms with E-state index in [1.165, 1.54) is 0 Å². The van der Waals surface area contributed by atoms with Crippen LogP contribution in [0.4, 0.5) is 4.79 Å². The molecule has 0 aliphatic carbocycles. The Bertz CT molecular complexity index is 106. The zero-order valence-electron chi connectivity index (χ0n) is 7.15. The summed E-state index contributed by atoms with van der Waals surface area (Å²) in [6, 6.07) is 0. The molecule has 0 aromatic carbocycles. The van der Waals surface area contributed by atoms with Gasteiger partial charge in [0.25, 0.3) is 0 Å². The molecule has 0 heterocycles. The molecule has 0 saturated carbocycles. The van der Waals surface area contributed by atoms with Crippen LogP contribution in [0.5, 0.6) is 0 Å². The molecular weight excluding hydrogens is 162 g/mol. The fraction of sp³-hybridized carbons (Fsp3) is 0.857. The lowest BCUT2D eigenvalue weighted by Crippen LogP contribution is -2.17. The van der Waals surface area contributed by atoms with Gasteiger partial charge < -0.3 is 14.7 Å². The molecule has 0 amide bonds. The minimum Gasteiger partial charge on any atom is -0.433 e. The Balaban J connectivity index is 3.10. The highest BCUT2D eigenvalue weighted by Gasteiger charge is 2.02. The van der Waals surface area contributed by atoms with E-state index in [4.69, 9.17) is 5.11 Å². The molecule has 1 radical (unpaired) electrons. The summed E-state index contributed by atoms with van der Waals surface area (Å²) >= 11 is 0. The summed E-state index contributed by atoms with van der Waals surface area (Å²) in [5.41, 5.74) is 3.24. The van der Waals surface area contributed by atoms with Crippen LogP contribution in [0.1, 0.15) is 19.8 Å². The SMILES string of the molecule is CCCCOC(=O)O[N]CCO. The van der Waals surface area contributed by atoms with Gasteiger partial charge >= 0.3 is 6.16 Å². The number of hydrogen-bond acceptors (Lipinski definition) is 4. The molecule has 0 spiro atoms. The second-order valence-electron chi connectivity index (χ2n) is 2.12. The lowest BCUT2D eigenvalue weighted by atomic mass is 10.4. The highest BCUT2D eigenvalue weighted by atomic mass is 16.8. The Labute approximate surface area is 71.6 Å². The molecule has 5 nitrogen and oxygen atoms in total. The third-order valence-corrected chi connectivity index (χ3v) is 1.05. The topological polar surface area (TPSA) is 69.9 Å². The Morgan fingerprint density at radius 1 is 1.58 bits per heavy atom. The van der Waals surface area contributed by atoms with Gasteiger partial charge in [0.2, 0.25) is 0 Å². The van der Waals surface area contributed by atoms with Gasteiger partial charge in [-0.15, -0.1) is 0 Å². The number of aliphatic hydroxyl groups excluding tert-OH is 1. The molecule has 1 N–H and O–H groups in total. The second-order valence-corrected chi connectivity index (χ2v) is 2.12. The largest absolute Gasteiger partial charge is 0.529 e. The Hall–Kier alpha value is -0.810. The minimum atomic E-state index is -0.808. The predicted molar refractivity (Wildman–Crippen MR) is 41.4 cm³/mol. The molecule has 0 atom stereocenters. The van der Waals surface area contributed by atoms with Gasteiger partial charge in [0, 0.05) is 0 Å². The molecule has 5 heteroatoms. The van der Waals surface area contributed by atoms with Gasteiger partial charge in [-0.2, -0.15) is 0 Å². The third-order valence-electron chi connectivity index (χ3n) is 1.05. The molecule has 0 aliphatic heterocycles. The van der Waals surface area contributed by atoms with Crippen LogP contribution in [0.2, 0.25) is 0 Å². The molecule has 0 aromatic heterocycles. The number of hydrogen-bond donors (Lipinski definition) is 1. The van der Waals surface area contributed by atoms with Crippen molar-refractivity contribution in [1.82, 2.24) is 5.48 Å². The van der Waals surface area contributed by atoms with E-state index in [1.807, 2.05) is 6.92 Å². The van der Waals surface area contributed by atoms with Crippen molar-refractivity contribution in [3.63, 3.8) is 0 Å². The summed E-state index contributed by atoms with van der Waals surface area (Å²) in [5, 5.41) is 8.27. The Morgan fingerprint density at radius 2 is 2.33 bits per heavy atom. The van der Waals surface area contributed by atoms with Gasteiger partial charge in [0.1, 0.15) is 0 Å². The highest BCUT2D eigenvalue weighted by Crippen LogP contribution is 1.90. The van der Waals surface area contributed by atoms with Crippen LogP contribution in [0.15, 0.2) is 0 Å². The van der Waals surface area contributed by atoms with E-state index in [2.05, 4.69) is 15.1 Å². The predicted octanol–water partition coefficient (Wildman–Crippen LogP) is 0.451. The van der Waals surface area contributed by atoms with Gasteiger partial charge in [0.05, 0.1) is 19.8 Å². The summed E-state index contributed by atoms with van der Waals surface area (Å²) in [7, 11) is 0. The van der Waals surface area contributed by atoms with Crippen molar-refractivity contribution in [2.45, 2.75) is 19.8 Å². The molecule has 0 saturated heterocycles. The maximum absolute atomic E-state index is 10.6. The average Bonchev–Trinajstić information content (AvgIpc) is 2.06. The summed E-state index contributed by atoms with van der Waals surface area (Å²) in [4.78, 5) is 14.8. The van der Waals surface area contributed by atoms with Crippen molar-refractivity contribution in [2.24, 2.45) is 0 Å². The standard InChI is InChI=1S/C7H14NO4/c1-2-3-6-11-7(10)12-8-4-5-9/h9H,2-6H2,1H3. The number of hydroxylamine groups is 1. The maximum Gasteiger partial charge on any atom is 0.529 e. The van der Waals surface area contributed by atoms with Crippen molar-refractivity contribution in [3.05, 3.63) is 0 Å². The molecule has 71 valence electrons. The molecule has 0 bridgehead atoms. The van der Waals surface area contributed by atoms with E-state index in [1.54, 1.807) is 0 Å². The summed E-state index contributed by atoms with van der Waals surface area (Å²) < 4.78 is 4.59. The highest BCUT2D eigenvalue weighted by molar-refractivity contribution is 5.59. The second kappa shape index (κ2) is 8.29. The normalized spacial score (nSPS) is 9.50. The lowest BCUT2D eigenvalue weighted by Gasteiger charge is -2.02. The van der Waals surface area contributed by atoms with Crippen LogP contribution < -0.4 is 5.48 Å². The molecule has 12 heavy (non-hydrogen) atoms. The molecule has 0 fully saturated rings. The van der Waals surface area contributed by atoms with E-state index in [-0.39, 0.29) is 13.2 Å². The van der Waals surface area contributed by atoms with Crippen LogP contribution in [0.3, 0.4) is 0 Å². The zero-order chi connectivity index (χ0) is 9.23. The first-order valence-corrected chi connectivity index (χ1v) is 3.92. The maximum atomic E-state index is 10.6. The molecular formula is C7H14NO4. The van der Waals surface area contributed by atoms with Crippen LogP contribution in [0.25, 0.3) is 0 Å². The van der Waals surface area contributed by atoms with Crippen LogP contribution in [-0.2, 0) is 9.57 Å². The van der Waals surface area contributed by atoms with E-state index in [9.17, 15) is 4.79 Å². The van der Waals surface area contributed by atoms with Crippen molar-refractivity contribution in [3.8, 4) is 0 Å². The molecule has 0 unspecified atom stereocenters. The van der Waals surface area contributed by atoms with Gasteiger partial charge in [0.15, 0.2) is 0 Å². The zero-order valence-corrected chi connectivity index (χ0v) is 7.15. The number of ether oxygens (including phenoxy) is 1. The quantitative estimate of drug-likeness (QED) is 0.362. The number of carbonyl (C=O) groups excluding carboxylic acids is 1. The first-order chi connectivity index (χ1) is 5.81. The van der Waals surface area contributed by atoms with E-state index < -0.39 is 6.16 Å². The van der Waals surface area contributed by atoms with Crippen molar-refractivity contribution >= 4 is 6.16 Å².